The van der Waals surface area contributed by atoms with E-state index in [1.54, 1.807) is 0 Å². The number of nitrogens with one attached hydrogen (secondary N) is 1. The molecular weight excluding hydrogens is 280 g/mol. The number of anilines is 1. The van der Waals surface area contributed by atoms with E-state index in [0.717, 1.165) is 45.0 Å². The number of nitro groups is 1. The quantitative estimate of drug-likeness (QED) is 0.670. The van der Waals surface area contributed by atoms with Crippen LogP contribution in [0.15, 0.2) is 12.1 Å². The third-order valence-electron chi connectivity index (χ3n) is 3.71. The Balaban J connectivity index is 2.08. The molecule has 1 aliphatic heterocycles. The fourth-order valence-corrected chi connectivity index (χ4v) is 2.67. The SMILES string of the molecule is CCCN1CCC(Nc2c(F)cc(F)cc2[N+](=O)[O-])CC1. The Hall–Kier alpha value is -1.76. The van der Waals surface area contributed by atoms with Gasteiger partial charge in [-0.2, -0.15) is 0 Å². The summed E-state index contributed by atoms with van der Waals surface area (Å²) < 4.78 is 26.9. The van der Waals surface area contributed by atoms with E-state index in [0.29, 0.717) is 6.07 Å². The van der Waals surface area contributed by atoms with E-state index in [4.69, 9.17) is 0 Å². The number of nitro benzene ring substituents is 1. The number of halogens is 2. The van der Waals surface area contributed by atoms with Crippen LogP contribution in [0.1, 0.15) is 26.2 Å². The molecule has 5 nitrogen and oxygen atoms in total. The topological polar surface area (TPSA) is 58.4 Å². The van der Waals surface area contributed by atoms with Gasteiger partial charge in [0.1, 0.15) is 11.5 Å². The highest BCUT2D eigenvalue weighted by Crippen LogP contribution is 2.30. The predicted molar refractivity (Wildman–Crippen MR) is 76.4 cm³/mol. The fraction of sp³-hybridized carbons (Fsp3) is 0.571. The third kappa shape index (κ3) is 3.87. The maximum absolute atomic E-state index is 13.8. The Morgan fingerprint density at radius 3 is 2.62 bits per heavy atom. The Labute approximate surface area is 122 Å². The largest absolute Gasteiger partial charge is 0.374 e. The Kier molecular flexibility index (Phi) is 5.06. The van der Waals surface area contributed by atoms with E-state index in [-0.39, 0.29) is 11.7 Å². The zero-order valence-corrected chi connectivity index (χ0v) is 11.9. The van der Waals surface area contributed by atoms with Crippen LogP contribution in [0.3, 0.4) is 0 Å². The lowest BCUT2D eigenvalue weighted by Crippen LogP contribution is -2.39. The summed E-state index contributed by atoms with van der Waals surface area (Å²) in [4.78, 5) is 12.5. The highest BCUT2D eigenvalue weighted by atomic mass is 19.1. The van der Waals surface area contributed by atoms with Gasteiger partial charge in [-0.15, -0.1) is 0 Å². The molecule has 116 valence electrons. The monoisotopic (exact) mass is 299 g/mol. The number of hydrogen-bond acceptors (Lipinski definition) is 4. The number of hydrogen-bond donors (Lipinski definition) is 1. The average molecular weight is 299 g/mol. The van der Waals surface area contributed by atoms with Crippen molar-refractivity contribution in [2.45, 2.75) is 32.2 Å². The van der Waals surface area contributed by atoms with Crippen molar-refractivity contribution in [1.82, 2.24) is 4.90 Å². The minimum atomic E-state index is -0.942. The summed E-state index contributed by atoms with van der Waals surface area (Å²) in [6.45, 7) is 4.89. The van der Waals surface area contributed by atoms with Gasteiger partial charge in [-0.1, -0.05) is 6.92 Å². The van der Waals surface area contributed by atoms with Crippen LogP contribution < -0.4 is 5.32 Å². The first-order valence-corrected chi connectivity index (χ1v) is 7.13. The van der Waals surface area contributed by atoms with Gasteiger partial charge >= 0.3 is 0 Å². The molecule has 1 aromatic rings. The van der Waals surface area contributed by atoms with Gasteiger partial charge in [-0.05, 0) is 25.8 Å². The molecule has 0 bridgehead atoms. The summed E-state index contributed by atoms with van der Waals surface area (Å²) in [5.41, 5.74) is -0.765. The molecule has 0 saturated carbocycles. The van der Waals surface area contributed by atoms with Crippen LogP contribution in [0.25, 0.3) is 0 Å². The highest BCUT2D eigenvalue weighted by Gasteiger charge is 2.25. The fourth-order valence-electron chi connectivity index (χ4n) is 2.67. The first kappa shape index (κ1) is 15.6. The van der Waals surface area contributed by atoms with Crippen LogP contribution in [0.2, 0.25) is 0 Å². The van der Waals surface area contributed by atoms with Crippen molar-refractivity contribution >= 4 is 11.4 Å². The minimum absolute atomic E-state index is 0.0308. The van der Waals surface area contributed by atoms with Gasteiger partial charge in [-0.3, -0.25) is 10.1 Å². The summed E-state index contributed by atoms with van der Waals surface area (Å²) in [6, 6.07) is 1.39. The molecule has 7 heteroatoms. The van der Waals surface area contributed by atoms with Crippen molar-refractivity contribution in [3.63, 3.8) is 0 Å². The Bertz CT molecular complexity index is 517. The number of rotatable bonds is 5. The van der Waals surface area contributed by atoms with E-state index in [2.05, 4.69) is 17.1 Å². The standard InChI is InChI=1S/C14H19F2N3O2/c1-2-5-18-6-3-11(4-7-18)17-14-12(16)8-10(15)9-13(14)19(20)21/h8-9,11,17H,2-7H2,1H3. The number of nitrogens with zero attached hydrogens (tertiary/aromatic N) is 2. The van der Waals surface area contributed by atoms with Gasteiger partial charge in [0.15, 0.2) is 5.82 Å². The van der Waals surface area contributed by atoms with Crippen molar-refractivity contribution in [2.75, 3.05) is 25.0 Å². The van der Waals surface area contributed by atoms with Crippen molar-refractivity contribution in [3.8, 4) is 0 Å². The molecule has 1 saturated heterocycles. The number of likely N-dealkylation sites (tertiary alicyclic amines) is 1. The molecule has 0 radical (unpaired) electrons. The lowest BCUT2D eigenvalue weighted by atomic mass is 10.0. The van der Waals surface area contributed by atoms with Gasteiger partial charge in [0.05, 0.1) is 11.0 Å². The van der Waals surface area contributed by atoms with Crippen LogP contribution in [-0.4, -0.2) is 35.5 Å². The molecule has 0 spiro atoms. The van der Waals surface area contributed by atoms with Gasteiger partial charge < -0.3 is 10.2 Å². The van der Waals surface area contributed by atoms with Gasteiger partial charge in [-0.25, -0.2) is 8.78 Å². The van der Waals surface area contributed by atoms with Crippen LogP contribution in [0, 0.1) is 21.7 Å². The maximum atomic E-state index is 13.8. The van der Waals surface area contributed by atoms with Crippen molar-refractivity contribution in [1.29, 1.82) is 0 Å². The third-order valence-corrected chi connectivity index (χ3v) is 3.71. The molecule has 1 fully saturated rings. The molecule has 1 N–H and O–H groups in total. The average Bonchev–Trinajstić information content (AvgIpc) is 2.43. The molecule has 0 atom stereocenters. The lowest BCUT2D eigenvalue weighted by molar-refractivity contribution is -0.384. The molecule has 0 unspecified atom stereocenters. The van der Waals surface area contributed by atoms with Gasteiger partial charge in [0, 0.05) is 25.2 Å². The molecule has 2 rings (SSSR count). The molecule has 1 heterocycles. The van der Waals surface area contributed by atoms with Crippen molar-refractivity contribution in [2.24, 2.45) is 0 Å². The second kappa shape index (κ2) is 6.80. The zero-order valence-electron chi connectivity index (χ0n) is 11.9. The molecule has 0 aromatic heterocycles. The Morgan fingerprint density at radius 1 is 1.38 bits per heavy atom. The van der Waals surface area contributed by atoms with Crippen LogP contribution in [-0.2, 0) is 0 Å². The molecule has 0 aliphatic carbocycles. The van der Waals surface area contributed by atoms with E-state index >= 15 is 0 Å². The maximum Gasteiger partial charge on any atom is 0.298 e. The minimum Gasteiger partial charge on any atom is -0.374 e. The van der Waals surface area contributed by atoms with Crippen molar-refractivity contribution < 1.29 is 13.7 Å². The number of piperidine rings is 1. The van der Waals surface area contributed by atoms with E-state index < -0.39 is 22.2 Å². The normalized spacial score (nSPS) is 16.9. The van der Waals surface area contributed by atoms with Crippen molar-refractivity contribution in [3.05, 3.63) is 33.9 Å². The van der Waals surface area contributed by atoms with Crippen LogP contribution >= 0.6 is 0 Å². The van der Waals surface area contributed by atoms with Gasteiger partial charge in [0.2, 0.25) is 0 Å². The lowest BCUT2D eigenvalue weighted by Gasteiger charge is -2.32. The summed E-state index contributed by atoms with van der Waals surface area (Å²) in [6.07, 6.45) is 2.65. The Morgan fingerprint density at radius 2 is 2.05 bits per heavy atom. The summed E-state index contributed by atoms with van der Waals surface area (Å²) >= 11 is 0. The first-order chi connectivity index (χ1) is 10.0. The van der Waals surface area contributed by atoms with Crippen LogP contribution in [0.4, 0.5) is 20.2 Å². The zero-order chi connectivity index (χ0) is 15.4. The van der Waals surface area contributed by atoms with E-state index in [1.165, 1.54) is 0 Å². The van der Waals surface area contributed by atoms with Crippen LogP contribution in [0.5, 0.6) is 0 Å². The molecule has 0 amide bonds. The number of benzene rings is 1. The predicted octanol–water partition coefficient (Wildman–Crippen LogP) is 3.16. The summed E-state index contributed by atoms with van der Waals surface area (Å²) in [5, 5.41) is 13.8. The molecule has 1 aliphatic rings. The highest BCUT2D eigenvalue weighted by molar-refractivity contribution is 5.63. The molecule has 21 heavy (non-hydrogen) atoms. The second-order valence-electron chi connectivity index (χ2n) is 5.30. The van der Waals surface area contributed by atoms with E-state index in [9.17, 15) is 18.9 Å². The first-order valence-electron chi connectivity index (χ1n) is 7.13. The molecular formula is C14H19F2N3O2. The van der Waals surface area contributed by atoms with E-state index in [1.807, 2.05) is 0 Å². The summed E-state index contributed by atoms with van der Waals surface area (Å²) in [5.74, 6) is -1.86. The smallest absolute Gasteiger partial charge is 0.298 e. The second-order valence-corrected chi connectivity index (χ2v) is 5.30. The summed E-state index contributed by atoms with van der Waals surface area (Å²) in [7, 11) is 0. The molecule has 1 aromatic carbocycles. The van der Waals surface area contributed by atoms with Gasteiger partial charge in [0.25, 0.3) is 5.69 Å².